The summed E-state index contributed by atoms with van der Waals surface area (Å²) in [5, 5.41) is 6.15. The molecule has 0 amide bonds. The molecular weight excluding hydrogens is 276 g/mol. The summed E-state index contributed by atoms with van der Waals surface area (Å²) in [7, 11) is -1.14. The van der Waals surface area contributed by atoms with Crippen molar-refractivity contribution in [2.75, 3.05) is 35.7 Å². The molecule has 0 aliphatic rings. The van der Waals surface area contributed by atoms with Gasteiger partial charge in [-0.3, -0.25) is 0 Å². The standard InChI is InChI=1S/C13H24N4O2S/c1-5-7-11-16-12(14-4)10(3)13(17-11)15-8-9-20(18,19)6-2/h5-9H2,1-4H3,(H2,14,15,16,17). The quantitative estimate of drug-likeness (QED) is 0.759. The number of hydrogen-bond donors (Lipinski definition) is 2. The first-order chi connectivity index (χ1) is 9.43. The maximum absolute atomic E-state index is 11.5. The fourth-order valence-electron chi connectivity index (χ4n) is 1.78. The largest absolute Gasteiger partial charge is 0.373 e. The van der Waals surface area contributed by atoms with Crippen LogP contribution in [0.2, 0.25) is 0 Å². The van der Waals surface area contributed by atoms with Crippen molar-refractivity contribution in [1.29, 1.82) is 0 Å². The van der Waals surface area contributed by atoms with Gasteiger partial charge in [-0.05, 0) is 13.3 Å². The van der Waals surface area contributed by atoms with Crippen molar-refractivity contribution < 1.29 is 8.42 Å². The molecule has 0 bridgehead atoms. The molecule has 0 aliphatic carbocycles. The summed E-state index contributed by atoms with van der Waals surface area (Å²) < 4.78 is 23.0. The molecule has 0 radical (unpaired) electrons. The lowest BCUT2D eigenvalue weighted by molar-refractivity contribution is 0.597. The molecule has 114 valence electrons. The molecule has 0 aliphatic heterocycles. The van der Waals surface area contributed by atoms with Crippen molar-refractivity contribution in [2.24, 2.45) is 0 Å². The zero-order valence-electron chi connectivity index (χ0n) is 12.7. The Bertz CT molecular complexity index is 544. The molecule has 20 heavy (non-hydrogen) atoms. The van der Waals surface area contributed by atoms with E-state index in [0.717, 1.165) is 30.0 Å². The third-order valence-electron chi connectivity index (χ3n) is 3.05. The summed E-state index contributed by atoms with van der Waals surface area (Å²) in [5.74, 6) is 2.54. The Morgan fingerprint density at radius 1 is 1.15 bits per heavy atom. The van der Waals surface area contributed by atoms with Crippen LogP contribution in [0.1, 0.15) is 31.7 Å². The SMILES string of the molecule is CCCc1nc(NC)c(C)c(NCCS(=O)(=O)CC)n1. The van der Waals surface area contributed by atoms with Crippen molar-refractivity contribution in [1.82, 2.24) is 9.97 Å². The van der Waals surface area contributed by atoms with Gasteiger partial charge in [0.2, 0.25) is 0 Å². The number of aromatic nitrogens is 2. The minimum absolute atomic E-state index is 0.116. The van der Waals surface area contributed by atoms with E-state index in [2.05, 4.69) is 27.5 Å². The molecule has 1 rings (SSSR count). The summed E-state index contributed by atoms with van der Waals surface area (Å²) in [5.41, 5.74) is 0.904. The molecule has 1 aromatic heterocycles. The Hall–Kier alpha value is -1.37. The number of nitrogens with one attached hydrogen (secondary N) is 2. The van der Waals surface area contributed by atoms with Crippen LogP contribution in [0, 0.1) is 6.92 Å². The van der Waals surface area contributed by atoms with Gasteiger partial charge >= 0.3 is 0 Å². The normalized spacial score (nSPS) is 11.4. The van der Waals surface area contributed by atoms with Crippen molar-refractivity contribution in [2.45, 2.75) is 33.6 Å². The zero-order valence-corrected chi connectivity index (χ0v) is 13.5. The van der Waals surface area contributed by atoms with Gasteiger partial charge in [0.05, 0.1) is 5.75 Å². The fourth-order valence-corrected chi connectivity index (χ4v) is 2.48. The first kappa shape index (κ1) is 16.7. The molecule has 0 fully saturated rings. The number of anilines is 2. The van der Waals surface area contributed by atoms with E-state index in [1.165, 1.54) is 0 Å². The third-order valence-corrected chi connectivity index (χ3v) is 4.75. The second-order valence-electron chi connectivity index (χ2n) is 4.63. The van der Waals surface area contributed by atoms with Gasteiger partial charge in [-0.15, -0.1) is 0 Å². The van der Waals surface area contributed by atoms with Gasteiger partial charge in [-0.2, -0.15) is 0 Å². The highest BCUT2D eigenvalue weighted by atomic mass is 32.2. The van der Waals surface area contributed by atoms with Crippen LogP contribution in [0.15, 0.2) is 0 Å². The van der Waals surface area contributed by atoms with Crippen molar-refractivity contribution >= 4 is 21.5 Å². The van der Waals surface area contributed by atoms with Crippen LogP contribution in [-0.2, 0) is 16.3 Å². The molecule has 6 nitrogen and oxygen atoms in total. The Morgan fingerprint density at radius 3 is 2.35 bits per heavy atom. The lowest BCUT2D eigenvalue weighted by atomic mass is 10.2. The molecule has 2 N–H and O–H groups in total. The Labute approximate surface area is 121 Å². The van der Waals surface area contributed by atoms with Crippen molar-refractivity contribution in [3.63, 3.8) is 0 Å². The Balaban J connectivity index is 2.85. The van der Waals surface area contributed by atoms with Crippen LogP contribution >= 0.6 is 0 Å². The smallest absolute Gasteiger partial charge is 0.151 e. The van der Waals surface area contributed by atoms with E-state index in [0.29, 0.717) is 12.4 Å². The minimum Gasteiger partial charge on any atom is -0.373 e. The second kappa shape index (κ2) is 7.42. The van der Waals surface area contributed by atoms with Gasteiger partial charge in [0.1, 0.15) is 17.5 Å². The molecule has 0 saturated heterocycles. The molecule has 1 heterocycles. The highest BCUT2D eigenvalue weighted by Crippen LogP contribution is 2.19. The minimum atomic E-state index is -2.96. The molecule has 0 atom stereocenters. The summed E-state index contributed by atoms with van der Waals surface area (Å²) in [6.45, 7) is 6.01. The van der Waals surface area contributed by atoms with Crippen LogP contribution in [0.25, 0.3) is 0 Å². The third kappa shape index (κ3) is 4.63. The average Bonchev–Trinajstić information content (AvgIpc) is 2.42. The lowest BCUT2D eigenvalue weighted by Gasteiger charge is -2.13. The number of hydrogen-bond acceptors (Lipinski definition) is 6. The summed E-state index contributed by atoms with van der Waals surface area (Å²) in [4.78, 5) is 8.89. The monoisotopic (exact) mass is 300 g/mol. The summed E-state index contributed by atoms with van der Waals surface area (Å²) in [6, 6.07) is 0. The van der Waals surface area contributed by atoms with E-state index >= 15 is 0 Å². The molecule has 0 unspecified atom stereocenters. The molecule has 0 spiro atoms. The van der Waals surface area contributed by atoms with E-state index in [9.17, 15) is 8.42 Å². The molecule has 0 aromatic carbocycles. The molecular formula is C13H24N4O2S. The zero-order chi connectivity index (χ0) is 15.2. The summed E-state index contributed by atoms with van der Waals surface area (Å²) >= 11 is 0. The van der Waals surface area contributed by atoms with E-state index in [-0.39, 0.29) is 11.5 Å². The summed E-state index contributed by atoms with van der Waals surface area (Å²) in [6.07, 6.45) is 1.77. The number of aryl methyl sites for hydroxylation is 1. The fraction of sp³-hybridized carbons (Fsp3) is 0.692. The first-order valence-corrected chi connectivity index (χ1v) is 8.75. The van der Waals surface area contributed by atoms with Gasteiger partial charge in [-0.25, -0.2) is 18.4 Å². The van der Waals surface area contributed by atoms with Crippen LogP contribution in [0.5, 0.6) is 0 Å². The van der Waals surface area contributed by atoms with Crippen molar-refractivity contribution in [3.05, 3.63) is 11.4 Å². The van der Waals surface area contributed by atoms with E-state index < -0.39 is 9.84 Å². The molecule has 1 aromatic rings. The molecule has 7 heteroatoms. The predicted octanol–water partition coefficient (Wildman–Crippen LogP) is 1.63. The van der Waals surface area contributed by atoms with Crippen LogP contribution in [0.4, 0.5) is 11.6 Å². The van der Waals surface area contributed by atoms with Gasteiger partial charge in [0.25, 0.3) is 0 Å². The number of nitrogens with zero attached hydrogens (tertiary/aromatic N) is 2. The van der Waals surface area contributed by atoms with Gasteiger partial charge in [0, 0.05) is 31.3 Å². The Morgan fingerprint density at radius 2 is 1.80 bits per heavy atom. The van der Waals surface area contributed by atoms with E-state index in [4.69, 9.17) is 0 Å². The van der Waals surface area contributed by atoms with Gasteiger partial charge in [-0.1, -0.05) is 13.8 Å². The van der Waals surface area contributed by atoms with Crippen molar-refractivity contribution in [3.8, 4) is 0 Å². The Kier molecular flexibility index (Phi) is 6.19. The van der Waals surface area contributed by atoms with Crippen LogP contribution in [0.3, 0.4) is 0 Å². The maximum Gasteiger partial charge on any atom is 0.151 e. The second-order valence-corrected chi connectivity index (χ2v) is 7.10. The predicted molar refractivity (Wildman–Crippen MR) is 83.1 cm³/mol. The molecule has 0 saturated carbocycles. The topological polar surface area (TPSA) is 84.0 Å². The van der Waals surface area contributed by atoms with E-state index in [1.54, 1.807) is 6.92 Å². The first-order valence-electron chi connectivity index (χ1n) is 6.93. The maximum atomic E-state index is 11.5. The van der Waals surface area contributed by atoms with Crippen LogP contribution < -0.4 is 10.6 Å². The van der Waals surface area contributed by atoms with E-state index in [1.807, 2.05) is 14.0 Å². The highest BCUT2D eigenvalue weighted by Gasteiger charge is 2.11. The van der Waals surface area contributed by atoms with Gasteiger partial charge in [0.15, 0.2) is 9.84 Å². The highest BCUT2D eigenvalue weighted by molar-refractivity contribution is 7.91. The number of rotatable bonds is 8. The van der Waals surface area contributed by atoms with Crippen LogP contribution in [-0.4, -0.2) is 43.5 Å². The van der Waals surface area contributed by atoms with Gasteiger partial charge < -0.3 is 10.6 Å². The number of sulfone groups is 1. The average molecular weight is 300 g/mol. The lowest BCUT2D eigenvalue weighted by Crippen LogP contribution is -2.19.